The first kappa shape index (κ1) is 14.6. The number of aromatic nitrogens is 2. The van der Waals surface area contributed by atoms with Crippen LogP contribution in [0.1, 0.15) is 25.0 Å². The molecule has 114 valence electrons. The normalized spacial score (nSPS) is 18.2. The molecule has 1 unspecified atom stereocenters. The number of hydrogen-bond acceptors (Lipinski definition) is 2. The van der Waals surface area contributed by atoms with Crippen LogP contribution in [-0.4, -0.2) is 15.6 Å². The van der Waals surface area contributed by atoms with Crippen LogP contribution in [0.3, 0.4) is 0 Å². The highest BCUT2D eigenvalue weighted by Crippen LogP contribution is 2.19. The van der Waals surface area contributed by atoms with E-state index in [1.54, 1.807) is 4.68 Å². The minimum atomic E-state index is -0.0674. The fourth-order valence-corrected chi connectivity index (χ4v) is 2.84. The SMILES string of the molecule is Cc1c(N=CC2C=CCCC2)c(=O)n(-c2ccccc2)n1C. The highest BCUT2D eigenvalue weighted by molar-refractivity contribution is 5.68. The monoisotopic (exact) mass is 295 g/mol. The van der Waals surface area contributed by atoms with E-state index in [4.69, 9.17) is 0 Å². The topological polar surface area (TPSA) is 39.3 Å². The van der Waals surface area contributed by atoms with Crippen molar-refractivity contribution in [3.05, 3.63) is 58.5 Å². The molecule has 1 aliphatic carbocycles. The molecule has 1 aromatic carbocycles. The molecule has 3 rings (SSSR count). The number of allylic oxidation sites excluding steroid dienone is 2. The maximum Gasteiger partial charge on any atom is 0.297 e. The van der Waals surface area contributed by atoms with Gasteiger partial charge in [0.1, 0.15) is 0 Å². The Balaban J connectivity index is 1.99. The van der Waals surface area contributed by atoms with Gasteiger partial charge in [-0.15, -0.1) is 0 Å². The number of rotatable bonds is 3. The molecular weight excluding hydrogens is 274 g/mol. The number of benzene rings is 1. The number of para-hydroxylation sites is 1. The summed E-state index contributed by atoms with van der Waals surface area (Å²) in [5.74, 6) is 0.345. The molecule has 0 saturated heterocycles. The van der Waals surface area contributed by atoms with Crippen molar-refractivity contribution in [1.29, 1.82) is 0 Å². The zero-order valence-corrected chi connectivity index (χ0v) is 13.1. The summed E-state index contributed by atoms with van der Waals surface area (Å²) in [6, 6.07) is 9.66. The predicted octanol–water partition coefficient (Wildman–Crippen LogP) is 3.54. The molecule has 1 aliphatic rings. The zero-order chi connectivity index (χ0) is 15.5. The molecule has 1 aromatic heterocycles. The van der Waals surface area contributed by atoms with Crippen molar-refractivity contribution in [2.24, 2.45) is 18.0 Å². The van der Waals surface area contributed by atoms with Gasteiger partial charge in [-0.2, -0.15) is 0 Å². The van der Waals surface area contributed by atoms with Gasteiger partial charge in [-0.1, -0.05) is 30.4 Å². The molecule has 1 atom stereocenters. The highest BCUT2D eigenvalue weighted by Gasteiger charge is 2.15. The van der Waals surface area contributed by atoms with E-state index < -0.39 is 0 Å². The van der Waals surface area contributed by atoms with Crippen molar-refractivity contribution in [3.8, 4) is 5.69 Å². The Morgan fingerprint density at radius 3 is 2.73 bits per heavy atom. The highest BCUT2D eigenvalue weighted by atomic mass is 16.1. The summed E-state index contributed by atoms with van der Waals surface area (Å²) in [6.45, 7) is 1.93. The van der Waals surface area contributed by atoms with E-state index in [0.717, 1.165) is 24.2 Å². The second-order valence-corrected chi connectivity index (χ2v) is 5.71. The molecule has 0 N–H and O–H groups in total. The molecule has 0 saturated carbocycles. The van der Waals surface area contributed by atoms with Crippen molar-refractivity contribution in [2.45, 2.75) is 26.2 Å². The molecule has 0 radical (unpaired) electrons. The van der Waals surface area contributed by atoms with Crippen molar-refractivity contribution in [1.82, 2.24) is 9.36 Å². The number of hydrogen-bond donors (Lipinski definition) is 0. The van der Waals surface area contributed by atoms with Crippen LogP contribution in [0.25, 0.3) is 5.69 Å². The van der Waals surface area contributed by atoms with Crippen molar-refractivity contribution in [3.63, 3.8) is 0 Å². The van der Waals surface area contributed by atoms with Crippen molar-refractivity contribution < 1.29 is 0 Å². The smallest absolute Gasteiger partial charge is 0.283 e. The average molecular weight is 295 g/mol. The molecule has 0 bridgehead atoms. The lowest BCUT2D eigenvalue weighted by molar-refractivity contribution is 0.630. The Morgan fingerprint density at radius 1 is 1.27 bits per heavy atom. The molecule has 1 heterocycles. The number of aliphatic imine (C=N–C) groups is 1. The second-order valence-electron chi connectivity index (χ2n) is 5.71. The molecular formula is C18H21N3O. The molecule has 0 aliphatic heterocycles. The Kier molecular flexibility index (Phi) is 4.09. The molecule has 4 heteroatoms. The van der Waals surface area contributed by atoms with E-state index in [-0.39, 0.29) is 5.56 Å². The van der Waals surface area contributed by atoms with Crippen LogP contribution in [-0.2, 0) is 7.05 Å². The third-order valence-electron chi connectivity index (χ3n) is 4.21. The van der Waals surface area contributed by atoms with Gasteiger partial charge in [0.2, 0.25) is 0 Å². The Hall–Kier alpha value is -2.36. The van der Waals surface area contributed by atoms with Gasteiger partial charge >= 0.3 is 0 Å². The van der Waals surface area contributed by atoms with Crippen LogP contribution >= 0.6 is 0 Å². The third-order valence-corrected chi connectivity index (χ3v) is 4.21. The van der Waals surface area contributed by atoms with Gasteiger partial charge in [0.15, 0.2) is 5.69 Å². The lowest BCUT2D eigenvalue weighted by Crippen LogP contribution is -2.19. The minimum absolute atomic E-state index is 0.0674. The fraction of sp³-hybridized carbons (Fsp3) is 0.333. The van der Waals surface area contributed by atoms with E-state index in [2.05, 4.69) is 17.1 Å². The average Bonchev–Trinajstić information content (AvgIpc) is 2.77. The Morgan fingerprint density at radius 2 is 2.05 bits per heavy atom. The Labute approximate surface area is 130 Å². The molecule has 4 nitrogen and oxygen atoms in total. The molecule has 0 spiro atoms. The summed E-state index contributed by atoms with van der Waals surface area (Å²) in [7, 11) is 1.89. The number of nitrogens with zero attached hydrogens (tertiary/aromatic N) is 3. The van der Waals surface area contributed by atoms with Crippen LogP contribution in [0.5, 0.6) is 0 Å². The van der Waals surface area contributed by atoms with Crippen molar-refractivity contribution in [2.75, 3.05) is 0 Å². The second kappa shape index (κ2) is 6.18. The zero-order valence-electron chi connectivity index (χ0n) is 13.1. The van der Waals surface area contributed by atoms with Gasteiger partial charge < -0.3 is 0 Å². The van der Waals surface area contributed by atoms with Gasteiger partial charge in [0, 0.05) is 19.2 Å². The van der Waals surface area contributed by atoms with E-state index >= 15 is 0 Å². The van der Waals surface area contributed by atoms with Crippen LogP contribution in [0, 0.1) is 12.8 Å². The van der Waals surface area contributed by atoms with E-state index in [0.29, 0.717) is 11.6 Å². The summed E-state index contributed by atoms with van der Waals surface area (Å²) in [5, 5.41) is 0. The first-order valence-electron chi connectivity index (χ1n) is 7.73. The fourth-order valence-electron chi connectivity index (χ4n) is 2.84. The quantitative estimate of drug-likeness (QED) is 0.630. The maximum absolute atomic E-state index is 12.7. The Bertz CT molecular complexity index is 766. The molecule has 2 aromatic rings. The van der Waals surface area contributed by atoms with Crippen LogP contribution in [0.4, 0.5) is 5.69 Å². The van der Waals surface area contributed by atoms with Crippen molar-refractivity contribution >= 4 is 11.9 Å². The first-order chi connectivity index (χ1) is 10.7. The van der Waals surface area contributed by atoms with E-state index in [1.807, 2.05) is 55.2 Å². The minimum Gasteiger partial charge on any atom is -0.283 e. The van der Waals surface area contributed by atoms with Gasteiger partial charge in [-0.25, -0.2) is 4.68 Å². The first-order valence-corrected chi connectivity index (χ1v) is 7.73. The lowest BCUT2D eigenvalue weighted by Gasteiger charge is -2.10. The van der Waals surface area contributed by atoms with Gasteiger partial charge in [0.25, 0.3) is 5.56 Å². The van der Waals surface area contributed by atoms with Crippen LogP contribution in [0.2, 0.25) is 0 Å². The summed E-state index contributed by atoms with van der Waals surface area (Å²) >= 11 is 0. The standard InChI is InChI=1S/C18H21N3O/c1-14-17(19-13-15-9-5-3-6-10-15)18(22)21(20(14)2)16-11-7-4-8-12-16/h4-5,7-9,11-13,15H,3,6,10H2,1-2H3. The van der Waals surface area contributed by atoms with E-state index in [9.17, 15) is 4.79 Å². The summed E-state index contributed by atoms with van der Waals surface area (Å²) in [4.78, 5) is 17.2. The van der Waals surface area contributed by atoms with Gasteiger partial charge in [-0.05, 0) is 38.3 Å². The molecule has 0 amide bonds. The van der Waals surface area contributed by atoms with Crippen LogP contribution < -0.4 is 5.56 Å². The van der Waals surface area contributed by atoms with Gasteiger partial charge in [0.05, 0.1) is 11.4 Å². The van der Waals surface area contributed by atoms with E-state index in [1.165, 1.54) is 6.42 Å². The van der Waals surface area contributed by atoms with Gasteiger partial charge in [-0.3, -0.25) is 14.5 Å². The largest absolute Gasteiger partial charge is 0.297 e. The predicted molar refractivity (Wildman–Crippen MR) is 90.4 cm³/mol. The third kappa shape index (κ3) is 2.69. The molecule has 22 heavy (non-hydrogen) atoms. The maximum atomic E-state index is 12.7. The summed E-state index contributed by atoms with van der Waals surface area (Å²) in [5.41, 5.74) is 2.20. The summed E-state index contributed by atoms with van der Waals surface area (Å²) < 4.78 is 3.53. The lowest BCUT2D eigenvalue weighted by atomic mass is 9.97. The summed E-state index contributed by atoms with van der Waals surface area (Å²) in [6.07, 6.45) is 9.74. The molecule has 0 fully saturated rings. The van der Waals surface area contributed by atoms with Crippen LogP contribution in [0.15, 0.2) is 52.3 Å².